The van der Waals surface area contributed by atoms with Crippen molar-refractivity contribution in [3.63, 3.8) is 0 Å². The number of hydrogen-bond donors (Lipinski definition) is 3. The summed E-state index contributed by atoms with van der Waals surface area (Å²) in [6.45, 7) is 5.12. The average molecular weight is 480 g/mol. The fourth-order valence-electron chi connectivity index (χ4n) is 3.74. The van der Waals surface area contributed by atoms with Crippen molar-refractivity contribution in [1.29, 1.82) is 0 Å². The van der Waals surface area contributed by atoms with E-state index in [-0.39, 0.29) is 36.4 Å². The van der Waals surface area contributed by atoms with Crippen LogP contribution in [-0.4, -0.2) is 38.7 Å². The molecule has 0 radical (unpaired) electrons. The van der Waals surface area contributed by atoms with Crippen LogP contribution in [0.1, 0.15) is 35.3 Å². The van der Waals surface area contributed by atoms with Gasteiger partial charge in [-0.05, 0) is 29.8 Å². The van der Waals surface area contributed by atoms with Gasteiger partial charge in [-0.25, -0.2) is 0 Å². The van der Waals surface area contributed by atoms with Gasteiger partial charge in [0.05, 0.1) is 18.9 Å². The van der Waals surface area contributed by atoms with Crippen LogP contribution < -0.4 is 19.6 Å². The van der Waals surface area contributed by atoms with E-state index in [2.05, 4.69) is 41.6 Å². The van der Waals surface area contributed by atoms with E-state index in [1.807, 2.05) is 12.1 Å². The quantitative estimate of drug-likeness (QED) is 0.448. The minimum atomic E-state index is -3.80. The molecule has 1 amide bonds. The summed E-state index contributed by atoms with van der Waals surface area (Å²) in [4.78, 5) is 16.0. The van der Waals surface area contributed by atoms with Gasteiger partial charge in [0.2, 0.25) is 0 Å². The lowest BCUT2D eigenvalue weighted by atomic mass is 9.98. The Hall–Kier alpha value is -2.75. The number of rotatable bonds is 7. The minimum absolute atomic E-state index is 0. The van der Waals surface area contributed by atoms with Crippen molar-refractivity contribution in [3.8, 4) is 22.8 Å². The summed E-state index contributed by atoms with van der Waals surface area (Å²) in [6, 6.07) is 10.2. The second kappa shape index (κ2) is 9.01. The Labute approximate surface area is 193 Å². The van der Waals surface area contributed by atoms with Gasteiger partial charge in [0, 0.05) is 46.9 Å². The molecule has 0 saturated heterocycles. The largest absolute Gasteiger partial charge is 0.493 e. The predicted molar refractivity (Wildman–Crippen MR) is 126 cm³/mol. The van der Waals surface area contributed by atoms with Crippen LogP contribution >= 0.6 is 12.4 Å². The van der Waals surface area contributed by atoms with Crippen molar-refractivity contribution in [2.24, 2.45) is 0 Å². The average Bonchev–Trinajstić information content (AvgIpc) is 3.29. The van der Waals surface area contributed by atoms with Gasteiger partial charge < -0.3 is 24.5 Å². The number of halogens is 1. The molecule has 2 aromatic carbocycles. The Bertz CT molecular complexity index is 1280. The Morgan fingerprint density at radius 1 is 1.19 bits per heavy atom. The number of methoxy groups -OCH3 is 1. The molecule has 3 N–H and O–H groups in total. The van der Waals surface area contributed by atoms with Gasteiger partial charge >= 0.3 is 10.1 Å². The van der Waals surface area contributed by atoms with Crippen molar-refractivity contribution in [1.82, 2.24) is 15.6 Å². The Kier molecular flexibility index (Phi) is 6.73. The van der Waals surface area contributed by atoms with Crippen LogP contribution in [0.3, 0.4) is 0 Å². The van der Waals surface area contributed by atoms with Gasteiger partial charge in [0.25, 0.3) is 5.91 Å². The first kappa shape index (κ1) is 23.9. The smallest absolute Gasteiger partial charge is 0.306 e. The van der Waals surface area contributed by atoms with Crippen molar-refractivity contribution in [2.75, 3.05) is 13.4 Å². The Morgan fingerprint density at radius 2 is 1.94 bits per heavy atom. The first-order valence-electron chi connectivity index (χ1n) is 9.93. The van der Waals surface area contributed by atoms with Crippen LogP contribution in [0.4, 0.5) is 0 Å². The molecular weight excluding hydrogens is 454 g/mol. The third-order valence-corrected chi connectivity index (χ3v) is 5.61. The minimum Gasteiger partial charge on any atom is -0.493 e. The van der Waals surface area contributed by atoms with Gasteiger partial charge in [-0.2, -0.15) is 8.42 Å². The second-order valence-electron chi connectivity index (χ2n) is 7.92. The van der Waals surface area contributed by atoms with Crippen molar-refractivity contribution in [2.45, 2.75) is 33.0 Å². The molecule has 0 fully saturated rings. The molecule has 1 aromatic heterocycles. The second-order valence-corrected chi connectivity index (χ2v) is 9.49. The first-order chi connectivity index (χ1) is 14.7. The molecule has 1 aliphatic heterocycles. The Balaban J connectivity index is 0.00000289. The van der Waals surface area contributed by atoms with Gasteiger partial charge in [-0.3, -0.25) is 4.79 Å². The molecular formula is C22H26ClN3O5S. The first-order valence-corrected chi connectivity index (χ1v) is 11.7. The molecule has 2 heterocycles. The van der Waals surface area contributed by atoms with E-state index >= 15 is 0 Å². The monoisotopic (exact) mass is 479 g/mol. The van der Waals surface area contributed by atoms with E-state index in [1.165, 1.54) is 7.11 Å². The summed E-state index contributed by atoms with van der Waals surface area (Å²) in [5, 5.41) is 7.17. The zero-order chi connectivity index (χ0) is 22.3. The molecule has 0 aliphatic carbocycles. The molecule has 0 atom stereocenters. The number of carbonyl (C=O) groups is 1. The molecule has 0 saturated carbocycles. The third kappa shape index (κ3) is 4.69. The van der Waals surface area contributed by atoms with Gasteiger partial charge in [-0.15, -0.1) is 12.4 Å². The van der Waals surface area contributed by atoms with Crippen LogP contribution in [-0.2, 0) is 23.2 Å². The van der Waals surface area contributed by atoms with Crippen LogP contribution in [0.2, 0.25) is 0 Å². The number of amides is 1. The maximum absolute atomic E-state index is 12.6. The lowest BCUT2D eigenvalue weighted by Gasteiger charge is -2.15. The molecule has 3 aromatic rings. The highest BCUT2D eigenvalue weighted by molar-refractivity contribution is 7.86. The molecule has 0 unspecified atom stereocenters. The van der Waals surface area contributed by atoms with Crippen molar-refractivity contribution in [3.05, 3.63) is 47.0 Å². The molecule has 8 nitrogen and oxygen atoms in total. The van der Waals surface area contributed by atoms with Gasteiger partial charge in [0.15, 0.2) is 11.5 Å². The Morgan fingerprint density at radius 3 is 2.59 bits per heavy atom. The summed E-state index contributed by atoms with van der Waals surface area (Å²) in [5.74, 6) is 0.00268. The number of carbonyl (C=O) groups excluding carboxylic acids is 1. The topological polar surface area (TPSA) is 110 Å². The van der Waals surface area contributed by atoms with Crippen LogP contribution in [0.15, 0.2) is 30.3 Å². The lowest BCUT2D eigenvalue weighted by molar-refractivity contribution is 0.0966. The van der Waals surface area contributed by atoms with E-state index < -0.39 is 10.1 Å². The van der Waals surface area contributed by atoms with Crippen molar-refractivity contribution < 1.29 is 22.1 Å². The summed E-state index contributed by atoms with van der Waals surface area (Å²) < 4.78 is 34.1. The molecule has 32 heavy (non-hydrogen) atoms. The maximum Gasteiger partial charge on any atom is 0.306 e. The van der Waals surface area contributed by atoms with E-state index in [0.29, 0.717) is 22.7 Å². The maximum atomic E-state index is 12.6. The molecule has 10 heteroatoms. The zero-order valence-electron chi connectivity index (χ0n) is 18.2. The van der Waals surface area contributed by atoms with Crippen LogP contribution in [0.5, 0.6) is 11.5 Å². The van der Waals surface area contributed by atoms with Crippen molar-refractivity contribution >= 4 is 39.3 Å². The molecule has 172 valence electrons. The number of H-pyrrole nitrogens is 1. The predicted octanol–water partition coefficient (Wildman–Crippen LogP) is 3.35. The van der Waals surface area contributed by atoms with E-state index in [4.69, 9.17) is 8.92 Å². The number of aromatic nitrogens is 1. The number of ether oxygens (including phenoxy) is 1. The third-order valence-electron chi connectivity index (χ3n) is 5.14. The standard InChI is InChI=1S/C22H25N3O5S.ClH/c1-12(2)23-10-13-5-6-17-14(7-13)8-18(25-17)15-9-19(29-3)21(30-31(4,27)28)16-11-24-22(26)20(15)16;/h5-9,12,23,25H,10-11H2,1-4H3,(H,24,26);1H. The SMILES string of the molecule is COc1cc(-c2cc3cc(CNC(C)C)ccc3[nH]2)c2c(c1OS(C)(=O)=O)CNC2=O.Cl. The van der Waals surface area contributed by atoms with Gasteiger partial charge in [0.1, 0.15) is 0 Å². The van der Waals surface area contributed by atoms with Crippen LogP contribution in [0.25, 0.3) is 22.2 Å². The fourth-order valence-corrected chi connectivity index (χ4v) is 4.23. The summed E-state index contributed by atoms with van der Waals surface area (Å²) in [7, 11) is -2.36. The van der Waals surface area contributed by atoms with E-state index in [1.54, 1.807) is 6.07 Å². The van der Waals surface area contributed by atoms with E-state index in [9.17, 15) is 13.2 Å². The normalized spacial score (nSPS) is 13.1. The number of benzene rings is 2. The number of aromatic amines is 1. The molecule has 4 rings (SSSR count). The lowest BCUT2D eigenvalue weighted by Crippen LogP contribution is -2.21. The molecule has 1 aliphatic rings. The summed E-state index contributed by atoms with van der Waals surface area (Å²) >= 11 is 0. The highest BCUT2D eigenvalue weighted by Gasteiger charge is 2.31. The summed E-state index contributed by atoms with van der Waals surface area (Å²) in [5.41, 5.74) is 4.30. The molecule has 0 spiro atoms. The van der Waals surface area contributed by atoms with Gasteiger partial charge in [-0.1, -0.05) is 19.9 Å². The summed E-state index contributed by atoms with van der Waals surface area (Å²) in [6.07, 6.45) is 0.959. The highest BCUT2D eigenvalue weighted by atomic mass is 35.5. The number of hydrogen-bond acceptors (Lipinski definition) is 6. The van der Waals surface area contributed by atoms with Crippen LogP contribution in [0, 0.1) is 0 Å². The fraction of sp³-hybridized carbons (Fsp3) is 0.318. The van der Waals surface area contributed by atoms with E-state index in [0.717, 1.165) is 35.0 Å². The molecule has 0 bridgehead atoms. The number of nitrogens with one attached hydrogen (secondary N) is 3. The highest BCUT2D eigenvalue weighted by Crippen LogP contribution is 2.43. The number of fused-ring (bicyclic) bond motifs is 2. The zero-order valence-corrected chi connectivity index (χ0v) is 19.9.